The van der Waals surface area contributed by atoms with Crippen LogP contribution in [0.1, 0.15) is 23.0 Å². The summed E-state index contributed by atoms with van der Waals surface area (Å²) in [5, 5.41) is 4.79. The Kier molecular flexibility index (Phi) is 5.91. The fraction of sp³-hybridized carbons (Fsp3) is 0.320. The number of likely N-dealkylation sites (tertiary alicyclic amines) is 2. The van der Waals surface area contributed by atoms with Gasteiger partial charge in [0.2, 0.25) is 0 Å². The van der Waals surface area contributed by atoms with E-state index in [9.17, 15) is 9.59 Å². The lowest BCUT2D eigenvalue weighted by Crippen LogP contribution is -2.36. The lowest BCUT2D eigenvalue weighted by atomic mass is 10.0. The van der Waals surface area contributed by atoms with Crippen LogP contribution in [0.25, 0.3) is 0 Å². The van der Waals surface area contributed by atoms with E-state index in [1.165, 1.54) is 17.2 Å². The third-order valence-corrected chi connectivity index (χ3v) is 6.58. The van der Waals surface area contributed by atoms with Crippen LogP contribution in [0.5, 0.6) is 11.5 Å². The quantitative estimate of drug-likeness (QED) is 0.518. The zero-order valence-electron chi connectivity index (χ0n) is 18.4. The highest BCUT2D eigenvalue weighted by atomic mass is 35.5. The first-order valence-electron chi connectivity index (χ1n) is 11.1. The molecule has 0 bridgehead atoms. The second-order valence-electron chi connectivity index (χ2n) is 8.81. The molecule has 2 aromatic carbocycles. The summed E-state index contributed by atoms with van der Waals surface area (Å²) in [6.45, 7) is 5.64. The summed E-state index contributed by atoms with van der Waals surface area (Å²) in [5.41, 5.74) is 1.51. The Balaban J connectivity index is 1.16. The second-order valence-corrected chi connectivity index (χ2v) is 9.24. The number of ether oxygens (including phenoxy) is 1. The van der Waals surface area contributed by atoms with Gasteiger partial charge in [-0.1, -0.05) is 23.7 Å². The average Bonchev–Trinajstić information content (AvgIpc) is 3.50. The lowest BCUT2D eigenvalue weighted by molar-refractivity contribution is 0.101. The van der Waals surface area contributed by atoms with Crippen molar-refractivity contribution in [2.75, 3.05) is 26.2 Å². The predicted molar refractivity (Wildman–Crippen MR) is 125 cm³/mol. The van der Waals surface area contributed by atoms with Gasteiger partial charge in [-0.05, 0) is 59.9 Å². The van der Waals surface area contributed by atoms with Crippen molar-refractivity contribution in [2.45, 2.75) is 13.5 Å². The first-order valence-corrected chi connectivity index (χ1v) is 11.4. The summed E-state index contributed by atoms with van der Waals surface area (Å²) in [7, 11) is 0. The molecule has 7 nitrogen and oxygen atoms in total. The van der Waals surface area contributed by atoms with Gasteiger partial charge in [-0.3, -0.25) is 9.69 Å². The van der Waals surface area contributed by atoms with Crippen molar-refractivity contribution < 1.29 is 14.3 Å². The minimum atomic E-state index is -0.157. The molecule has 0 aliphatic carbocycles. The summed E-state index contributed by atoms with van der Waals surface area (Å²) >= 11 is 5.95. The molecule has 5 rings (SSSR count). The highest BCUT2D eigenvalue weighted by Gasteiger charge is 2.41. The standard InChI is InChI=1S/C25H25ClN4O3/c1-17(31)24-9-10-30(27-24)25(32)29-15-19-13-28(14-20(19)16-29)12-18-3-2-4-23(11-18)33-22-7-5-21(26)6-8-22/h2-11,19-20H,12-16H2,1H3. The first kappa shape index (κ1) is 21.7. The van der Waals surface area contributed by atoms with Gasteiger partial charge in [-0.25, -0.2) is 4.79 Å². The van der Waals surface area contributed by atoms with Crippen molar-refractivity contribution in [3.8, 4) is 11.5 Å². The Bertz CT molecular complexity index is 1160. The Morgan fingerprint density at radius 3 is 2.39 bits per heavy atom. The Hall–Kier alpha value is -3.16. The van der Waals surface area contributed by atoms with E-state index in [2.05, 4.69) is 22.1 Å². The van der Waals surface area contributed by atoms with E-state index < -0.39 is 0 Å². The molecule has 1 amide bonds. The van der Waals surface area contributed by atoms with Crippen molar-refractivity contribution in [3.63, 3.8) is 0 Å². The van der Waals surface area contributed by atoms with Crippen LogP contribution in [0.15, 0.2) is 60.8 Å². The highest BCUT2D eigenvalue weighted by molar-refractivity contribution is 6.30. The van der Waals surface area contributed by atoms with Crippen molar-refractivity contribution >= 4 is 23.4 Å². The van der Waals surface area contributed by atoms with Crippen molar-refractivity contribution in [1.29, 1.82) is 0 Å². The van der Waals surface area contributed by atoms with Crippen LogP contribution in [-0.4, -0.2) is 57.6 Å². The van der Waals surface area contributed by atoms with E-state index >= 15 is 0 Å². The molecule has 2 aliphatic heterocycles. The molecule has 2 aliphatic rings. The van der Waals surface area contributed by atoms with Crippen molar-refractivity contribution in [1.82, 2.24) is 19.6 Å². The van der Waals surface area contributed by atoms with E-state index in [0.717, 1.165) is 44.2 Å². The fourth-order valence-corrected chi connectivity index (χ4v) is 4.87. The van der Waals surface area contributed by atoms with Gasteiger partial charge in [-0.2, -0.15) is 9.78 Å². The van der Waals surface area contributed by atoms with Crippen molar-refractivity contribution in [3.05, 3.63) is 77.1 Å². The third kappa shape index (κ3) is 4.79. The number of fused-ring (bicyclic) bond motifs is 1. The van der Waals surface area contributed by atoms with Crippen LogP contribution < -0.4 is 4.74 Å². The topological polar surface area (TPSA) is 67.7 Å². The molecule has 2 fully saturated rings. The summed E-state index contributed by atoms with van der Waals surface area (Å²) in [6, 6.07) is 16.9. The van der Waals surface area contributed by atoms with Gasteiger partial charge in [0.1, 0.15) is 17.2 Å². The number of ketones is 1. The largest absolute Gasteiger partial charge is 0.457 e. The summed E-state index contributed by atoms with van der Waals surface area (Å²) in [4.78, 5) is 28.5. The third-order valence-electron chi connectivity index (χ3n) is 6.33. The van der Waals surface area contributed by atoms with Gasteiger partial charge < -0.3 is 9.64 Å². The molecule has 0 saturated carbocycles. The maximum Gasteiger partial charge on any atom is 0.344 e. The molecule has 0 spiro atoms. The van der Waals surface area contributed by atoms with E-state index in [-0.39, 0.29) is 11.8 Å². The zero-order chi connectivity index (χ0) is 22.9. The monoisotopic (exact) mass is 464 g/mol. The molecule has 1 aromatic heterocycles. The van der Waals surface area contributed by atoms with Crippen molar-refractivity contribution in [2.24, 2.45) is 11.8 Å². The maximum atomic E-state index is 12.8. The van der Waals surface area contributed by atoms with Crippen LogP contribution in [0, 0.1) is 11.8 Å². The number of rotatable bonds is 5. The molecule has 0 radical (unpaired) electrons. The summed E-state index contributed by atoms with van der Waals surface area (Å²) < 4.78 is 7.24. The molecule has 2 atom stereocenters. The lowest BCUT2D eigenvalue weighted by Gasteiger charge is -2.21. The summed E-state index contributed by atoms with van der Waals surface area (Å²) in [5.74, 6) is 2.31. The molecule has 2 saturated heterocycles. The van der Waals surface area contributed by atoms with Gasteiger partial charge in [0.15, 0.2) is 5.78 Å². The molecule has 8 heteroatoms. The van der Waals surface area contributed by atoms with Gasteiger partial charge in [0.25, 0.3) is 0 Å². The molecule has 3 aromatic rings. The molecular weight excluding hydrogens is 440 g/mol. The molecule has 0 N–H and O–H groups in total. The van der Waals surface area contributed by atoms with Gasteiger partial charge in [0.05, 0.1) is 0 Å². The number of nitrogens with zero attached hydrogens (tertiary/aromatic N) is 4. The number of amides is 1. The Morgan fingerprint density at radius 2 is 1.73 bits per heavy atom. The van der Waals surface area contributed by atoms with E-state index in [0.29, 0.717) is 22.6 Å². The minimum Gasteiger partial charge on any atom is -0.457 e. The average molecular weight is 465 g/mol. The predicted octanol–water partition coefficient (Wildman–Crippen LogP) is 4.56. The SMILES string of the molecule is CC(=O)c1ccn(C(=O)N2CC3CN(Cc4cccc(Oc5ccc(Cl)cc5)c4)CC3C2)n1. The Morgan fingerprint density at radius 1 is 1.00 bits per heavy atom. The molecule has 2 unspecified atom stereocenters. The minimum absolute atomic E-state index is 0.141. The normalized spacial score (nSPS) is 20.1. The fourth-order valence-electron chi connectivity index (χ4n) is 4.74. The van der Waals surface area contributed by atoms with E-state index in [1.54, 1.807) is 12.3 Å². The van der Waals surface area contributed by atoms with Gasteiger partial charge in [0, 0.05) is 50.9 Å². The van der Waals surface area contributed by atoms with Crippen LogP contribution in [0.3, 0.4) is 0 Å². The Labute approximate surface area is 197 Å². The highest BCUT2D eigenvalue weighted by Crippen LogP contribution is 2.33. The number of hydrogen-bond donors (Lipinski definition) is 0. The number of carbonyl (C=O) groups is 2. The van der Waals surface area contributed by atoms with Crippen LogP contribution in [0.4, 0.5) is 4.79 Å². The maximum absolute atomic E-state index is 12.8. The van der Waals surface area contributed by atoms with Gasteiger partial charge >= 0.3 is 6.03 Å². The van der Waals surface area contributed by atoms with E-state index in [4.69, 9.17) is 16.3 Å². The zero-order valence-corrected chi connectivity index (χ0v) is 19.1. The van der Waals surface area contributed by atoms with E-state index in [1.807, 2.05) is 41.3 Å². The second kappa shape index (κ2) is 9.00. The van der Waals surface area contributed by atoms with Crippen LogP contribution in [0.2, 0.25) is 5.02 Å². The van der Waals surface area contributed by atoms with Gasteiger partial charge in [-0.15, -0.1) is 0 Å². The number of halogens is 1. The number of aromatic nitrogens is 2. The molecule has 170 valence electrons. The number of benzene rings is 2. The van der Waals surface area contributed by atoms with Crippen LogP contribution in [-0.2, 0) is 6.54 Å². The molecule has 33 heavy (non-hydrogen) atoms. The number of hydrogen-bond acceptors (Lipinski definition) is 5. The summed E-state index contributed by atoms with van der Waals surface area (Å²) in [6.07, 6.45) is 1.57. The molecular formula is C25H25ClN4O3. The molecule has 3 heterocycles. The van der Waals surface area contributed by atoms with Crippen LogP contribution >= 0.6 is 11.6 Å². The number of Topliss-reactive ketones (excluding diaryl/α,β-unsaturated/α-hetero) is 1. The number of carbonyl (C=O) groups excluding carboxylic acids is 2. The smallest absolute Gasteiger partial charge is 0.344 e. The first-order chi connectivity index (χ1) is 15.9.